The van der Waals surface area contributed by atoms with E-state index >= 15 is 0 Å². The van der Waals surface area contributed by atoms with Crippen molar-refractivity contribution in [2.24, 2.45) is 5.92 Å². The Labute approximate surface area is 108 Å². The van der Waals surface area contributed by atoms with Crippen LogP contribution in [0.2, 0.25) is 0 Å². The number of amides is 1. The third kappa shape index (κ3) is 2.03. The second-order valence-corrected chi connectivity index (χ2v) is 5.48. The molecule has 1 atom stereocenters. The maximum Gasteiger partial charge on any atom is 0.225 e. The lowest BCUT2D eigenvalue weighted by Gasteiger charge is -2.43. The highest BCUT2D eigenvalue weighted by molar-refractivity contribution is 5.80. The highest BCUT2D eigenvalue weighted by Crippen LogP contribution is 2.41. The number of hydrogen-bond donors (Lipinski definition) is 2. The van der Waals surface area contributed by atoms with Crippen molar-refractivity contribution in [2.75, 3.05) is 13.1 Å². The molecule has 2 fully saturated rings. The Balaban J connectivity index is 1.74. The molecular formula is C15H20N2O. The lowest BCUT2D eigenvalue weighted by Crippen LogP contribution is -2.52. The van der Waals surface area contributed by atoms with E-state index in [9.17, 15) is 4.79 Å². The summed E-state index contributed by atoms with van der Waals surface area (Å²) in [7, 11) is 0. The van der Waals surface area contributed by atoms with Gasteiger partial charge in [0.2, 0.25) is 5.91 Å². The Morgan fingerprint density at radius 3 is 2.61 bits per heavy atom. The molecule has 0 spiro atoms. The maximum atomic E-state index is 12.3. The van der Waals surface area contributed by atoms with E-state index in [0.29, 0.717) is 0 Å². The van der Waals surface area contributed by atoms with Crippen LogP contribution in [0.3, 0.4) is 0 Å². The van der Waals surface area contributed by atoms with E-state index in [1.54, 1.807) is 0 Å². The molecule has 3 heteroatoms. The first-order valence-electron chi connectivity index (χ1n) is 6.88. The fourth-order valence-corrected chi connectivity index (χ4v) is 2.99. The van der Waals surface area contributed by atoms with Crippen LogP contribution in [0.15, 0.2) is 30.3 Å². The first kappa shape index (κ1) is 11.7. The van der Waals surface area contributed by atoms with Crippen LogP contribution in [0.25, 0.3) is 0 Å². The average molecular weight is 244 g/mol. The van der Waals surface area contributed by atoms with Gasteiger partial charge in [-0.05, 0) is 37.8 Å². The Morgan fingerprint density at radius 1 is 1.28 bits per heavy atom. The van der Waals surface area contributed by atoms with Crippen LogP contribution in [0.5, 0.6) is 0 Å². The second-order valence-electron chi connectivity index (χ2n) is 5.48. The minimum atomic E-state index is -0.0824. The largest absolute Gasteiger partial charge is 0.346 e. The molecule has 1 saturated heterocycles. The molecule has 1 heterocycles. The van der Waals surface area contributed by atoms with Crippen LogP contribution in [0.4, 0.5) is 0 Å². The summed E-state index contributed by atoms with van der Waals surface area (Å²) < 4.78 is 0. The Hall–Kier alpha value is -1.35. The Kier molecular flexibility index (Phi) is 3.08. The molecule has 0 aromatic heterocycles. The number of benzene rings is 1. The fourth-order valence-electron chi connectivity index (χ4n) is 2.99. The molecule has 3 rings (SSSR count). The van der Waals surface area contributed by atoms with Crippen molar-refractivity contribution in [1.82, 2.24) is 10.6 Å². The first-order valence-corrected chi connectivity index (χ1v) is 6.88. The van der Waals surface area contributed by atoms with Gasteiger partial charge in [0, 0.05) is 6.54 Å². The van der Waals surface area contributed by atoms with E-state index in [4.69, 9.17) is 0 Å². The first-order chi connectivity index (χ1) is 8.80. The SMILES string of the molecule is O=C(NC1(c2ccccc2)CCC1)C1CCNC1. The summed E-state index contributed by atoms with van der Waals surface area (Å²) in [5, 5.41) is 6.56. The van der Waals surface area contributed by atoms with E-state index in [-0.39, 0.29) is 17.4 Å². The molecule has 96 valence electrons. The predicted molar refractivity (Wildman–Crippen MR) is 71.1 cm³/mol. The fraction of sp³-hybridized carbons (Fsp3) is 0.533. The number of rotatable bonds is 3. The van der Waals surface area contributed by atoms with Gasteiger partial charge in [-0.3, -0.25) is 4.79 Å². The predicted octanol–water partition coefficient (Wildman–Crippen LogP) is 1.79. The molecule has 2 N–H and O–H groups in total. The molecule has 2 aliphatic rings. The molecule has 1 saturated carbocycles. The highest BCUT2D eigenvalue weighted by atomic mass is 16.2. The summed E-state index contributed by atoms with van der Waals surface area (Å²) in [6, 6.07) is 10.4. The lowest BCUT2D eigenvalue weighted by molar-refractivity contribution is -0.127. The Morgan fingerprint density at radius 2 is 2.06 bits per heavy atom. The van der Waals surface area contributed by atoms with Crippen molar-refractivity contribution in [3.05, 3.63) is 35.9 Å². The zero-order chi connectivity index (χ0) is 12.4. The second kappa shape index (κ2) is 4.73. The third-order valence-electron chi connectivity index (χ3n) is 4.33. The van der Waals surface area contributed by atoms with Gasteiger partial charge in [0.05, 0.1) is 11.5 Å². The van der Waals surface area contributed by atoms with Crippen LogP contribution in [-0.2, 0) is 10.3 Å². The van der Waals surface area contributed by atoms with Crippen molar-refractivity contribution in [2.45, 2.75) is 31.2 Å². The zero-order valence-corrected chi connectivity index (χ0v) is 10.6. The summed E-state index contributed by atoms with van der Waals surface area (Å²) in [6.45, 7) is 1.80. The maximum absolute atomic E-state index is 12.3. The zero-order valence-electron chi connectivity index (χ0n) is 10.6. The third-order valence-corrected chi connectivity index (χ3v) is 4.33. The molecule has 1 amide bonds. The van der Waals surface area contributed by atoms with Crippen LogP contribution in [0.1, 0.15) is 31.2 Å². The van der Waals surface area contributed by atoms with Crippen LogP contribution >= 0.6 is 0 Å². The summed E-state index contributed by atoms with van der Waals surface area (Å²) >= 11 is 0. The standard InChI is InChI=1S/C15H20N2O/c18-14(12-7-10-16-11-12)17-15(8-4-9-15)13-5-2-1-3-6-13/h1-3,5-6,12,16H,4,7-11H2,(H,17,18). The van der Waals surface area contributed by atoms with Gasteiger partial charge in [-0.15, -0.1) is 0 Å². The highest BCUT2D eigenvalue weighted by Gasteiger charge is 2.41. The molecule has 1 aliphatic carbocycles. The minimum Gasteiger partial charge on any atom is -0.346 e. The lowest BCUT2D eigenvalue weighted by atomic mass is 9.71. The quantitative estimate of drug-likeness (QED) is 0.851. The van der Waals surface area contributed by atoms with Gasteiger partial charge >= 0.3 is 0 Å². The summed E-state index contributed by atoms with van der Waals surface area (Å²) in [5.74, 6) is 0.384. The summed E-state index contributed by atoms with van der Waals surface area (Å²) in [6.07, 6.45) is 4.32. The topological polar surface area (TPSA) is 41.1 Å². The van der Waals surface area contributed by atoms with E-state index < -0.39 is 0 Å². The van der Waals surface area contributed by atoms with E-state index in [1.807, 2.05) is 6.07 Å². The van der Waals surface area contributed by atoms with Crippen molar-refractivity contribution in [3.63, 3.8) is 0 Å². The van der Waals surface area contributed by atoms with E-state index in [1.165, 1.54) is 12.0 Å². The summed E-state index contributed by atoms with van der Waals surface area (Å²) in [4.78, 5) is 12.3. The van der Waals surface area contributed by atoms with Crippen LogP contribution in [0, 0.1) is 5.92 Å². The van der Waals surface area contributed by atoms with Crippen molar-refractivity contribution in [3.8, 4) is 0 Å². The molecule has 18 heavy (non-hydrogen) atoms. The molecule has 1 aromatic rings. The van der Waals surface area contributed by atoms with Gasteiger partial charge in [-0.1, -0.05) is 30.3 Å². The average Bonchev–Trinajstić information content (AvgIpc) is 2.88. The number of carbonyl (C=O) groups excluding carboxylic acids is 1. The number of carbonyl (C=O) groups is 1. The van der Waals surface area contributed by atoms with Gasteiger partial charge in [-0.25, -0.2) is 0 Å². The molecule has 1 aromatic carbocycles. The minimum absolute atomic E-state index is 0.0824. The molecule has 0 radical (unpaired) electrons. The molecule has 0 bridgehead atoms. The van der Waals surface area contributed by atoms with Gasteiger partial charge in [-0.2, -0.15) is 0 Å². The van der Waals surface area contributed by atoms with E-state index in [2.05, 4.69) is 34.9 Å². The van der Waals surface area contributed by atoms with Crippen molar-refractivity contribution >= 4 is 5.91 Å². The van der Waals surface area contributed by atoms with Gasteiger partial charge < -0.3 is 10.6 Å². The molecule has 3 nitrogen and oxygen atoms in total. The van der Waals surface area contributed by atoms with Crippen molar-refractivity contribution < 1.29 is 4.79 Å². The smallest absolute Gasteiger partial charge is 0.225 e. The summed E-state index contributed by atoms with van der Waals surface area (Å²) in [5.41, 5.74) is 1.18. The normalized spacial score (nSPS) is 25.4. The van der Waals surface area contributed by atoms with Crippen LogP contribution < -0.4 is 10.6 Å². The van der Waals surface area contributed by atoms with Gasteiger partial charge in [0.15, 0.2) is 0 Å². The molecular weight excluding hydrogens is 224 g/mol. The Bertz CT molecular complexity index is 419. The molecule has 1 aliphatic heterocycles. The van der Waals surface area contributed by atoms with Gasteiger partial charge in [0.25, 0.3) is 0 Å². The molecule has 1 unspecified atom stereocenters. The van der Waals surface area contributed by atoms with Crippen molar-refractivity contribution in [1.29, 1.82) is 0 Å². The van der Waals surface area contributed by atoms with Gasteiger partial charge in [0.1, 0.15) is 0 Å². The monoisotopic (exact) mass is 244 g/mol. The van der Waals surface area contributed by atoms with E-state index in [0.717, 1.165) is 32.4 Å². The number of nitrogens with one attached hydrogen (secondary N) is 2. The van der Waals surface area contributed by atoms with Crippen LogP contribution in [-0.4, -0.2) is 19.0 Å². The number of hydrogen-bond acceptors (Lipinski definition) is 2.